The normalized spacial score (nSPS) is 14.4. The van der Waals surface area contributed by atoms with E-state index in [0.29, 0.717) is 22.4 Å². The Morgan fingerprint density at radius 3 is 1.84 bits per heavy atom. The number of carboxylic acid groups (broad SMARTS) is 2. The van der Waals surface area contributed by atoms with Crippen LogP contribution in [0.4, 0.5) is 0 Å². The minimum atomic E-state index is -1.15. The van der Waals surface area contributed by atoms with Crippen molar-refractivity contribution in [1.82, 2.24) is 19.9 Å². The molecule has 2 atom stereocenters. The van der Waals surface area contributed by atoms with E-state index in [1.54, 1.807) is 0 Å². The molecule has 2 aliphatic rings. The van der Waals surface area contributed by atoms with Crippen molar-refractivity contribution in [2.75, 3.05) is 0 Å². The first-order chi connectivity index (χ1) is 20.8. The Labute approximate surface area is 284 Å². The van der Waals surface area contributed by atoms with Crippen LogP contribution in [0.5, 0.6) is 0 Å². The Balaban J connectivity index is 0.00000461. The van der Waals surface area contributed by atoms with Crippen LogP contribution in [0.15, 0.2) is 24.3 Å². The number of hydrogen-bond acceptors (Lipinski definition) is 8. The number of carbonyl (C=O) groups is 2. The summed E-state index contributed by atoms with van der Waals surface area (Å²) in [6, 6.07) is 7.65. The maximum Gasteiger partial charge on any atom is 0.0671 e. The number of carbonyl (C=O) groups excluding carboxylic acids is 2. The Hall–Kier alpha value is -3.24. The number of aliphatic carboxylic acids is 2. The van der Waals surface area contributed by atoms with Crippen LogP contribution >= 0.6 is 25.3 Å². The number of nitrogens with zero attached hydrogens (tertiary/aromatic N) is 4. The van der Waals surface area contributed by atoms with Gasteiger partial charge in [-0.2, -0.15) is 25.3 Å². The molecule has 0 fully saturated rings. The minimum Gasteiger partial charge on any atom is -0.657 e. The standard InChI is InChI=1S/C34H38N4O4S2.Fe/c1-15-21(7-9-31(39)40)27-14-28-22(8-10-32(41)42)16(2)24(36-28)12-29-34(20(6)44)18(4)26(38-29)13-30-33(19(5)43)17(3)25(37-30)11-23(15)35-27;/h11-14,19-20H,7-10H2,1-6H3,(H6,35,36,37,38,39,40,41,42,43,44);/p-4. The molecule has 0 saturated heterocycles. The van der Waals surface area contributed by atoms with E-state index in [1.165, 1.54) is 0 Å². The molecular formula is C34H34FeN4O4S2-4. The van der Waals surface area contributed by atoms with Gasteiger partial charge in [0.25, 0.3) is 0 Å². The van der Waals surface area contributed by atoms with Gasteiger partial charge in [0.05, 0.1) is 22.8 Å². The molecule has 0 spiro atoms. The van der Waals surface area contributed by atoms with Crippen LogP contribution in [0.2, 0.25) is 0 Å². The second kappa shape index (κ2) is 13.6. The van der Waals surface area contributed by atoms with E-state index in [-0.39, 0.29) is 53.3 Å². The van der Waals surface area contributed by atoms with Crippen molar-refractivity contribution in [2.45, 2.75) is 77.7 Å². The van der Waals surface area contributed by atoms with Gasteiger partial charge in [-0.3, -0.25) is 0 Å². The number of rotatable bonds is 8. The van der Waals surface area contributed by atoms with Gasteiger partial charge in [0.15, 0.2) is 0 Å². The number of carboxylic acids is 2. The number of fused-ring (bicyclic) bond motifs is 8. The zero-order valence-corrected chi connectivity index (χ0v) is 28.9. The number of aromatic nitrogens is 4. The number of hydrogen-bond donors (Lipinski definition) is 2. The molecule has 8 nitrogen and oxygen atoms in total. The first kappa shape index (κ1) is 34.6. The third kappa shape index (κ3) is 6.82. The van der Waals surface area contributed by atoms with E-state index < -0.39 is 11.9 Å². The van der Waals surface area contributed by atoms with E-state index in [9.17, 15) is 19.8 Å². The van der Waals surface area contributed by atoms with Crippen molar-refractivity contribution in [3.63, 3.8) is 0 Å². The summed E-state index contributed by atoms with van der Waals surface area (Å²) in [6.07, 6.45) is 0.111. The molecule has 0 aliphatic carbocycles. The predicted octanol–water partition coefficient (Wildman–Crippen LogP) is 4.57. The quantitative estimate of drug-likeness (QED) is 0.261. The molecule has 11 heteroatoms. The largest absolute Gasteiger partial charge is 0.657 e. The first-order valence-corrected chi connectivity index (χ1v) is 15.6. The third-order valence-electron chi connectivity index (χ3n) is 8.47. The van der Waals surface area contributed by atoms with Gasteiger partial charge < -0.3 is 29.8 Å². The first-order valence-electron chi connectivity index (χ1n) is 14.6. The fourth-order valence-corrected chi connectivity index (χ4v) is 6.79. The third-order valence-corrected chi connectivity index (χ3v) is 8.99. The molecule has 0 amide bonds. The Bertz CT molecular complexity index is 1940. The molecule has 2 aliphatic heterocycles. The van der Waals surface area contributed by atoms with Gasteiger partial charge in [-0.15, -0.1) is 22.1 Å². The van der Waals surface area contributed by atoms with Crippen molar-refractivity contribution >= 4 is 81.6 Å². The van der Waals surface area contributed by atoms with Gasteiger partial charge in [0.2, 0.25) is 0 Å². The molecule has 8 bridgehead atoms. The summed E-state index contributed by atoms with van der Waals surface area (Å²) in [5.41, 5.74) is 12.7. The molecular weight excluding hydrogens is 648 g/mol. The van der Waals surface area contributed by atoms with E-state index in [4.69, 9.17) is 45.2 Å². The van der Waals surface area contributed by atoms with Crippen LogP contribution in [-0.4, -0.2) is 27.2 Å². The molecule has 0 saturated carbocycles. The van der Waals surface area contributed by atoms with Gasteiger partial charge in [-0.25, -0.2) is 9.97 Å². The molecule has 5 heterocycles. The van der Waals surface area contributed by atoms with Gasteiger partial charge in [-0.05, 0) is 95.1 Å². The van der Waals surface area contributed by atoms with Crippen molar-refractivity contribution in [3.05, 3.63) is 69.3 Å². The van der Waals surface area contributed by atoms with E-state index >= 15 is 0 Å². The van der Waals surface area contributed by atoms with Crippen LogP contribution in [0.25, 0.3) is 44.4 Å². The van der Waals surface area contributed by atoms with E-state index in [0.717, 1.165) is 67.0 Å². The van der Waals surface area contributed by atoms with E-state index in [1.807, 2.05) is 65.8 Å². The molecule has 3 aromatic rings. The average Bonchev–Trinajstić information content (AvgIpc) is 3.59. The predicted molar refractivity (Wildman–Crippen MR) is 177 cm³/mol. The monoisotopic (exact) mass is 682 g/mol. The second-order valence-corrected chi connectivity index (χ2v) is 13.0. The smallest absolute Gasteiger partial charge is 0.0671 e. The molecule has 0 N–H and O–H groups in total. The van der Waals surface area contributed by atoms with Crippen LogP contribution < -0.4 is 20.2 Å². The number of aryl methyl sites for hydroxylation is 3. The number of thiol groups is 2. The topological polar surface area (TPSA) is 134 Å². The Morgan fingerprint density at radius 1 is 0.711 bits per heavy atom. The van der Waals surface area contributed by atoms with Crippen molar-refractivity contribution in [1.29, 1.82) is 0 Å². The molecule has 3 aromatic heterocycles. The molecule has 0 radical (unpaired) electrons. The van der Waals surface area contributed by atoms with Crippen LogP contribution in [0, 0.1) is 13.8 Å². The summed E-state index contributed by atoms with van der Waals surface area (Å²) in [7, 11) is 0. The van der Waals surface area contributed by atoms with Crippen LogP contribution in [0.3, 0.4) is 0 Å². The summed E-state index contributed by atoms with van der Waals surface area (Å²) in [5, 5.41) is 22.7. The zero-order valence-electron chi connectivity index (χ0n) is 26.0. The second-order valence-electron chi connectivity index (χ2n) is 11.5. The van der Waals surface area contributed by atoms with Gasteiger partial charge in [-0.1, -0.05) is 41.0 Å². The van der Waals surface area contributed by atoms with E-state index in [2.05, 4.69) is 0 Å². The van der Waals surface area contributed by atoms with Gasteiger partial charge >= 0.3 is 0 Å². The summed E-state index contributed by atoms with van der Waals surface area (Å²) in [4.78, 5) is 42.8. The summed E-state index contributed by atoms with van der Waals surface area (Å²) in [5.74, 6) is -2.30. The van der Waals surface area contributed by atoms with Gasteiger partial charge in [0.1, 0.15) is 0 Å². The molecule has 0 aromatic carbocycles. The summed E-state index contributed by atoms with van der Waals surface area (Å²) in [6.45, 7) is 11.9. The van der Waals surface area contributed by atoms with Crippen LogP contribution in [0.1, 0.15) is 97.2 Å². The molecule has 2 unspecified atom stereocenters. The maximum atomic E-state index is 11.5. The van der Waals surface area contributed by atoms with Gasteiger partial charge in [0, 0.05) is 39.5 Å². The Kier molecular flexibility index (Phi) is 10.5. The average molecular weight is 683 g/mol. The fraction of sp³-hybridized carbons (Fsp3) is 0.353. The zero-order chi connectivity index (χ0) is 32.0. The van der Waals surface area contributed by atoms with Crippen molar-refractivity contribution in [2.24, 2.45) is 0 Å². The fourth-order valence-electron chi connectivity index (χ4n) is 6.14. The SMILES string of the molecule is CC1=C(CCC(=O)[O-])c2cc3[n-]c(cc4nc(cc5[n-]c(cc1n2)c(C)c5C(C)S)C(C)=C4C(C)S)c(C)c3CCC(=O)[O-].[Fe]. The molecule has 5 rings (SSSR count). The Morgan fingerprint density at radius 2 is 1.22 bits per heavy atom. The summed E-state index contributed by atoms with van der Waals surface area (Å²) < 4.78 is 0. The maximum absolute atomic E-state index is 11.5. The summed E-state index contributed by atoms with van der Waals surface area (Å²) >= 11 is 9.56. The molecule has 238 valence electrons. The van der Waals surface area contributed by atoms with Crippen molar-refractivity contribution in [3.8, 4) is 0 Å². The van der Waals surface area contributed by atoms with Crippen LogP contribution in [-0.2, 0) is 33.1 Å². The molecule has 45 heavy (non-hydrogen) atoms. The van der Waals surface area contributed by atoms with Crippen molar-refractivity contribution < 1.29 is 36.9 Å². The minimum absolute atomic E-state index is 0. The number of allylic oxidation sites excluding steroid dienone is 3.